The molecule has 0 aromatic heterocycles. The van der Waals surface area contributed by atoms with Gasteiger partial charge in [-0.25, -0.2) is 0 Å². The molecule has 1 aliphatic rings. The van der Waals surface area contributed by atoms with Crippen molar-refractivity contribution in [2.75, 3.05) is 33.4 Å². The van der Waals surface area contributed by atoms with Gasteiger partial charge in [-0.05, 0) is 43.9 Å². The van der Waals surface area contributed by atoms with E-state index in [4.69, 9.17) is 9.47 Å². The summed E-state index contributed by atoms with van der Waals surface area (Å²) >= 11 is 0. The molecule has 6 nitrogen and oxygen atoms in total. The molecule has 0 bridgehead atoms. The van der Waals surface area contributed by atoms with Crippen LogP contribution < -0.4 is 4.74 Å². The highest BCUT2D eigenvalue weighted by Crippen LogP contribution is 2.35. The highest BCUT2D eigenvalue weighted by Gasteiger charge is 2.48. The second-order valence-electron chi connectivity index (χ2n) is 8.35. The van der Waals surface area contributed by atoms with Crippen LogP contribution in [0.2, 0.25) is 0 Å². The Balaban J connectivity index is 2.12. The van der Waals surface area contributed by atoms with E-state index in [2.05, 4.69) is 13.8 Å². The lowest BCUT2D eigenvalue weighted by Crippen LogP contribution is -2.45. The molecule has 1 saturated heterocycles. The maximum Gasteiger partial charge on any atom is 0.313 e. The largest absolute Gasteiger partial charge is 0.493 e. The standard InChI is InChI=1S/C21H31NO5/c1-15(2)12-27-17-8-6-16(7-9-17)20(3,4)18(23)22-11-10-21(13-22,14-26-5)19(24)25/h6-9,15H,10-14H2,1-5H3,(H,24,25). The minimum Gasteiger partial charge on any atom is -0.493 e. The van der Waals surface area contributed by atoms with Gasteiger partial charge in [-0.3, -0.25) is 9.59 Å². The molecule has 1 N–H and O–H groups in total. The van der Waals surface area contributed by atoms with Gasteiger partial charge in [0.25, 0.3) is 0 Å². The van der Waals surface area contributed by atoms with E-state index in [-0.39, 0.29) is 19.1 Å². The molecule has 0 radical (unpaired) electrons. The highest BCUT2D eigenvalue weighted by molar-refractivity contribution is 5.89. The van der Waals surface area contributed by atoms with Crippen LogP contribution in [0.5, 0.6) is 5.75 Å². The summed E-state index contributed by atoms with van der Waals surface area (Å²) in [6.45, 7) is 9.27. The van der Waals surface area contributed by atoms with Crippen LogP contribution in [0.4, 0.5) is 0 Å². The third kappa shape index (κ3) is 4.61. The van der Waals surface area contributed by atoms with Crippen LogP contribution in [0.3, 0.4) is 0 Å². The van der Waals surface area contributed by atoms with E-state index >= 15 is 0 Å². The Kier molecular flexibility index (Phi) is 6.52. The van der Waals surface area contributed by atoms with Gasteiger partial charge in [-0.15, -0.1) is 0 Å². The SMILES string of the molecule is COCC1(C(=O)O)CCN(C(=O)C(C)(C)c2ccc(OCC(C)C)cc2)C1. The first-order valence-electron chi connectivity index (χ1n) is 9.37. The lowest BCUT2D eigenvalue weighted by atomic mass is 9.83. The summed E-state index contributed by atoms with van der Waals surface area (Å²) in [6, 6.07) is 7.57. The van der Waals surface area contributed by atoms with Crippen LogP contribution >= 0.6 is 0 Å². The average molecular weight is 377 g/mol. The molecule has 1 aliphatic heterocycles. The van der Waals surface area contributed by atoms with Crippen molar-refractivity contribution in [2.45, 2.75) is 39.5 Å². The monoisotopic (exact) mass is 377 g/mol. The highest BCUT2D eigenvalue weighted by atomic mass is 16.5. The third-order valence-corrected chi connectivity index (χ3v) is 5.21. The van der Waals surface area contributed by atoms with Crippen molar-refractivity contribution in [3.8, 4) is 5.75 Å². The smallest absolute Gasteiger partial charge is 0.313 e. The number of carbonyl (C=O) groups is 2. The quantitative estimate of drug-likeness (QED) is 0.754. The van der Waals surface area contributed by atoms with Crippen LogP contribution in [0.25, 0.3) is 0 Å². The molecule has 1 aromatic rings. The zero-order chi connectivity index (χ0) is 20.2. The molecule has 1 amide bonds. The summed E-state index contributed by atoms with van der Waals surface area (Å²) in [5.74, 6) is 0.239. The van der Waals surface area contributed by atoms with E-state index in [0.29, 0.717) is 25.5 Å². The lowest BCUT2D eigenvalue weighted by molar-refractivity contribution is -0.152. The van der Waals surface area contributed by atoms with Crippen LogP contribution in [0.1, 0.15) is 39.7 Å². The summed E-state index contributed by atoms with van der Waals surface area (Å²) in [4.78, 5) is 26.5. The van der Waals surface area contributed by atoms with Gasteiger partial charge in [0.15, 0.2) is 0 Å². The lowest BCUT2D eigenvalue weighted by Gasteiger charge is -2.31. The van der Waals surface area contributed by atoms with E-state index in [1.807, 2.05) is 38.1 Å². The van der Waals surface area contributed by atoms with Crippen molar-refractivity contribution in [3.05, 3.63) is 29.8 Å². The van der Waals surface area contributed by atoms with Gasteiger partial charge in [0, 0.05) is 20.2 Å². The van der Waals surface area contributed by atoms with Gasteiger partial charge in [-0.2, -0.15) is 0 Å². The van der Waals surface area contributed by atoms with Gasteiger partial charge >= 0.3 is 5.97 Å². The van der Waals surface area contributed by atoms with E-state index in [9.17, 15) is 14.7 Å². The molecule has 1 atom stereocenters. The predicted molar refractivity (Wildman–Crippen MR) is 103 cm³/mol. The number of rotatable bonds is 8. The van der Waals surface area contributed by atoms with E-state index in [0.717, 1.165) is 11.3 Å². The van der Waals surface area contributed by atoms with Crippen LogP contribution in [-0.2, 0) is 19.7 Å². The van der Waals surface area contributed by atoms with Gasteiger partial charge in [0.05, 0.1) is 18.6 Å². The first-order valence-corrected chi connectivity index (χ1v) is 9.37. The van der Waals surface area contributed by atoms with Crippen molar-refractivity contribution in [2.24, 2.45) is 11.3 Å². The Bertz CT molecular complexity index is 668. The molecule has 2 rings (SSSR count). The fourth-order valence-corrected chi connectivity index (χ4v) is 3.43. The molecule has 150 valence electrons. The van der Waals surface area contributed by atoms with Crippen LogP contribution in [0, 0.1) is 11.3 Å². The number of carbonyl (C=O) groups excluding carboxylic acids is 1. The molecule has 1 aromatic carbocycles. The molecule has 1 fully saturated rings. The summed E-state index contributed by atoms with van der Waals surface area (Å²) in [5.41, 5.74) is -0.892. The zero-order valence-corrected chi connectivity index (χ0v) is 16.9. The molecule has 27 heavy (non-hydrogen) atoms. The first-order chi connectivity index (χ1) is 12.6. The Morgan fingerprint density at radius 3 is 2.41 bits per heavy atom. The minimum atomic E-state index is -1.02. The number of hydrogen-bond acceptors (Lipinski definition) is 4. The van der Waals surface area contributed by atoms with E-state index in [1.165, 1.54) is 7.11 Å². The van der Waals surface area contributed by atoms with Crippen molar-refractivity contribution in [1.29, 1.82) is 0 Å². The predicted octanol–water partition coefficient (Wildman–Crippen LogP) is 2.95. The summed E-state index contributed by atoms with van der Waals surface area (Å²) in [6.07, 6.45) is 0.403. The number of ether oxygens (including phenoxy) is 2. The first kappa shape index (κ1) is 21.2. The van der Waals surface area contributed by atoms with Crippen molar-refractivity contribution in [3.63, 3.8) is 0 Å². The fourth-order valence-electron chi connectivity index (χ4n) is 3.43. The van der Waals surface area contributed by atoms with Crippen molar-refractivity contribution >= 4 is 11.9 Å². The molecule has 1 heterocycles. The number of likely N-dealkylation sites (tertiary alicyclic amines) is 1. The molecule has 0 spiro atoms. The fraction of sp³-hybridized carbons (Fsp3) is 0.619. The number of hydrogen-bond donors (Lipinski definition) is 1. The third-order valence-electron chi connectivity index (χ3n) is 5.21. The number of aliphatic carboxylic acids is 1. The number of benzene rings is 1. The number of amides is 1. The van der Waals surface area contributed by atoms with Gasteiger partial charge in [0.2, 0.25) is 5.91 Å². The van der Waals surface area contributed by atoms with Gasteiger partial charge in [0.1, 0.15) is 11.2 Å². The normalized spacial score (nSPS) is 20.1. The number of methoxy groups -OCH3 is 1. The van der Waals surface area contributed by atoms with Crippen molar-refractivity contribution < 1.29 is 24.2 Å². The Morgan fingerprint density at radius 2 is 1.89 bits per heavy atom. The van der Waals surface area contributed by atoms with E-state index in [1.54, 1.807) is 4.90 Å². The Hall–Kier alpha value is -2.08. The average Bonchev–Trinajstić information content (AvgIpc) is 3.05. The second kappa shape index (κ2) is 8.30. The molecule has 0 aliphatic carbocycles. The topological polar surface area (TPSA) is 76.1 Å². The Morgan fingerprint density at radius 1 is 1.26 bits per heavy atom. The number of carboxylic acids is 1. The minimum absolute atomic E-state index is 0.0717. The summed E-state index contributed by atoms with van der Waals surface area (Å²) < 4.78 is 10.8. The van der Waals surface area contributed by atoms with Crippen LogP contribution in [0.15, 0.2) is 24.3 Å². The Labute approximate surface area is 161 Å². The molecule has 0 saturated carbocycles. The number of carboxylic acid groups (broad SMARTS) is 1. The maximum absolute atomic E-state index is 13.1. The van der Waals surface area contributed by atoms with Crippen molar-refractivity contribution in [1.82, 2.24) is 4.90 Å². The molecule has 6 heteroatoms. The molecular formula is C21H31NO5. The summed E-state index contributed by atoms with van der Waals surface area (Å²) in [7, 11) is 1.49. The zero-order valence-electron chi connectivity index (χ0n) is 16.9. The van der Waals surface area contributed by atoms with Gasteiger partial charge in [-0.1, -0.05) is 26.0 Å². The second-order valence-corrected chi connectivity index (χ2v) is 8.35. The van der Waals surface area contributed by atoms with Crippen LogP contribution in [-0.4, -0.2) is 55.3 Å². The maximum atomic E-state index is 13.1. The van der Waals surface area contributed by atoms with E-state index < -0.39 is 16.8 Å². The molecule has 1 unspecified atom stereocenters. The number of nitrogens with zero attached hydrogens (tertiary/aromatic N) is 1. The molecular weight excluding hydrogens is 346 g/mol. The summed E-state index contributed by atoms with van der Waals surface area (Å²) in [5, 5.41) is 9.60. The van der Waals surface area contributed by atoms with Gasteiger partial charge < -0.3 is 19.5 Å².